The second kappa shape index (κ2) is 5.61. The molecule has 0 spiro atoms. The molecule has 0 radical (unpaired) electrons. The van der Waals surface area contributed by atoms with E-state index in [0.29, 0.717) is 11.5 Å². The van der Waals surface area contributed by atoms with Crippen LogP contribution < -0.4 is 14.2 Å². The van der Waals surface area contributed by atoms with Crippen LogP contribution in [0.1, 0.15) is 11.7 Å². The number of ether oxygens (including phenoxy) is 3. The third-order valence-corrected chi connectivity index (χ3v) is 3.41. The maximum Gasteiger partial charge on any atom is 0.170 e. The lowest BCUT2D eigenvalue weighted by Crippen LogP contribution is -2.35. The van der Waals surface area contributed by atoms with Gasteiger partial charge in [0.25, 0.3) is 0 Å². The van der Waals surface area contributed by atoms with Gasteiger partial charge in [0.1, 0.15) is 12.7 Å². The molecule has 2 aromatic carbocycles. The van der Waals surface area contributed by atoms with E-state index in [9.17, 15) is 9.50 Å². The average molecular weight is 290 g/mol. The number of rotatable bonds is 3. The molecule has 2 atom stereocenters. The van der Waals surface area contributed by atoms with Crippen molar-refractivity contribution >= 4 is 0 Å². The Kier molecular flexibility index (Phi) is 3.66. The van der Waals surface area contributed by atoms with Gasteiger partial charge in [0.05, 0.1) is 7.11 Å². The van der Waals surface area contributed by atoms with E-state index in [-0.39, 0.29) is 17.9 Å². The van der Waals surface area contributed by atoms with Crippen LogP contribution in [0.25, 0.3) is 0 Å². The number of fused-ring (bicyclic) bond motifs is 1. The number of aliphatic hydroxyl groups is 1. The maximum absolute atomic E-state index is 14.2. The first-order valence-electron chi connectivity index (χ1n) is 6.59. The molecule has 1 N–H and O–H groups in total. The highest BCUT2D eigenvalue weighted by atomic mass is 19.1. The summed E-state index contributed by atoms with van der Waals surface area (Å²) in [6.45, 7) is 0.148. The van der Waals surface area contributed by atoms with Gasteiger partial charge >= 0.3 is 0 Å². The van der Waals surface area contributed by atoms with Gasteiger partial charge in [0.15, 0.2) is 29.2 Å². The summed E-state index contributed by atoms with van der Waals surface area (Å²) in [5.41, 5.74) is 0.127. The lowest BCUT2D eigenvalue weighted by molar-refractivity contribution is -0.0130. The molecule has 0 aromatic heterocycles. The molecule has 0 saturated heterocycles. The zero-order valence-electron chi connectivity index (χ0n) is 11.5. The Bertz CT molecular complexity index is 644. The summed E-state index contributed by atoms with van der Waals surface area (Å²) in [6.07, 6.45) is -1.82. The van der Waals surface area contributed by atoms with Gasteiger partial charge in [-0.25, -0.2) is 4.39 Å². The number of hydrogen-bond acceptors (Lipinski definition) is 4. The largest absolute Gasteiger partial charge is 0.494 e. The topological polar surface area (TPSA) is 47.9 Å². The highest BCUT2D eigenvalue weighted by Crippen LogP contribution is 2.35. The van der Waals surface area contributed by atoms with Crippen molar-refractivity contribution < 1.29 is 23.7 Å². The van der Waals surface area contributed by atoms with Crippen molar-refractivity contribution in [1.82, 2.24) is 0 Å². The fourth-order valence-corrected chi connectivity index (χ4v) is 2.31. The van der Waals surface area contributed by atoms with Gasteiger partial charge in [-0.1, -0.05) is 24.3 Å². The normalized spacial score (nSPS) is 18.1. The summed E-state index contributed by atoms with van der Waals surface area (Å²) in [7, 11) is 1.38. The highest BCUT2D eigenvalue weighted by Gasteiger charge is 2.31. The lowest BCUT2D eigenvalue weighted by atomic mass is 10.0. The molecule has 1 aliphatic heterocycles. The molecule has 110 valence electrons. The van der Waals surface area contributed by atoms with Crippen LogP contribution in [0, 0.1) is 5.82 Å². The summed E-state index contributed by atoms with van der Waals surface area (Å²) < 4.78 is 30.3. The number of benzene rings is 2. The van der Waals surface area contributed by atoms with Crippen molar-refractivity contribution in [3.8, 4) is 17.2 Å². The second-order valence-electron chi connectivity index (χ2n) is 4.72. The van der Waals surface area contributed by atoms with Crippen LogP contribution in [-0.4, -0.2) is 24.9 Å². The first-order chi connectivity index (χ1) is 10.2. The van der Waals surface area contributed by atoms with E-state index in [4.69, 9.17) is 14.2 Å². The third-order valence-electron chi connectivity index (χ3n) is 3.41. The summed E-state index contributed by atoms with van der Waals surface area (Å²) in [6, 6.07) is 11.8. The van der Waals surface area contributed by atoms with E-state index in [1.165, 1.54) is 19.2 Å². The Balaban J connectivity index is 1.85. The number of aliphatic hydroxyl groups excluding tert-OH is 1. The number of para-hydroxylation sites is 2. The molecule has 0 aliphatic carbocycles. The van der Waals surface area contributed by atoms with E-state index in [0.717, 1.165) is 0 Å². The Morgan fingerprint density at radius 2 is 1.95 bits per heavy atom. The minimum absolute atomic E-state index is 0.0867. The number of hydrogen-bond donors (Lipinski definition) is 1. The summed E-state index contributed by atoms with van der Waals surface area (Å²) in [5.74, 6) is 0.654. The van der Waals surface area contributed by atoms with Crippen LogP contribution in [0.5, 0.6) is 17.2 Å². The van der Waals surface area contributed by atoms with Crippen LogP contribution in [-0.2, 0) is 0 Å². The summed E-state index contributed by atoms with van der Waals surface area (Å²) >= 11 is 0. The number of methoxy groups -OCH3 is 1. The van der Waals surface area contributed by atoms with E-state index in [1.807, 2.05) is 12.1 Å². The van der Waals surface area contributed by atoms with E-state index < -0.39 is 18.0 Å². The van der Waals surface area contributed by atoms with Crippen molar-refractivity contribution in [2.24, 2.45) is 0 Å². The molecule has 2 aromatic rings. The molecular formula is C16H15FO4. The van der Waals surface area contributed by atoms with Crippen LogP contribution in [0.4, 0.5) is 4.39 Å². The van der Waals surface area contributed by atoms with Gasteiger partial charge in [0.2, 0.25) is 0 Å². The first-order valence-corrected chi connectivity index (χ1v) is 6.59. The molecule has 3 rings (SSSR count). The molecule has 5 heteroatoms. The van der Waals surface area contributed by atoms with Crippen LogP contribution in [0.3, 0.4) is 0 Å². The van der Waals surface area contributed by atoms with Crippen molar-refractivity contribution in [2.45, 2.75) is 12.2 Å². The molecule has 0 saturated carbocycles. The molecule has 0 amide bonds. The first kappa shape index (κ1) is 13.7. The van der Waals surface area contributed by atoms with Gasteiger partial charge in [-0.15, -0.1) is 0 Å². The molecule has 1 aliphatic rings. The van der Waals surface area contributed by atoms with E-state index >= 15 is 0 Å². The molecule has 0 fully saturated rings. The minimum atomic E-state index is -1.14. The van der Waals surface area contributed by atoms with Gasteiger partial charge < -0.3 is 19.3 Å². The van der Waals surface area contributed by atoms with E-state index in [1.54, 1.807) is 18.2 Å². The van der Waals surface area contributed by atoms with Crippen molar-refractivity contribution in [2.75, 3.05) is 13.7 Å². The smallest absolute Gasteiger partial charge is 0.170 e. The van der Waals surface area contributed by atoms with Gasteiger partial charge in [-0.3, -0.25) is 0 Å². The standard InChI is InChI=1S/C16H15FO4/c1-19-13-8-4-5-10(15(13)17)16(18)14-9-20-11-6-2-3-7-12(11)21-14/h2-8,14,16,18H,9H2,1H3. The lowest BCUT2D eigenvalue weighted by Gasteiger charge is -2.30. The van der Waals surface area contributed by atoms with Crippen molar-refractivity contribution in [3.63, 3.8) is 0 Å². The zero-order chi connectivity index (χ0) is 14.8. The molecular weight excluding hydrogens is 275 g/mol. The number of halogens is 1. The van der Waals surface area contributed by atoms with Crippen molar-refractivity contribution in [1.29, 1.82) is 0 Å². The van der Waals surface area contributed by atoms with Gasteiger partial charge in [-0.2, -0.15) is 0 Å². The molecule has 2 unspecified atom stereocenters. The Labute approximate surface area is 121 Å². The quantitative estimate of drug-likeness (QED) is 0.944. The molecule has 0 bridgehead atoms. The fourth-order valence-electron chi connectivity index (χ4n) is 2.31. The Morgan fingerprint density at radius 1 is 1.19 bits per heavy atom. The molecule has 4 nitrogen and oxygen atoms in total. The minimum Gasteiger partial charge on any atom is -0.494 e. The van der Waals surface area contributed by atoms with E-state index in [2.05, 4.69) is 0 Å². The highest BCUT2D eigenvalue weighted by molar-refractivity contribution is 5.41. The second-order valence-corrected chi connectivity index (χ2v) is 4.72. The average Bonchev–Trinajstić information content (AvgIpc) is 2.54. The predicted molar refractivity (Wildman–Crippen MR) is 74.3 cm³/mol. The maximum atomic E-state index is 14.2. The Hall–Kier alpha value is -2.27. The van der Waals surface area contributed by atoms with Crippen LogP contribution in [0.15, 0.2) is 42.5 Å². The third kappa shape index (κ3) is 2.52. The van der Waals surface area contributed by atoms with Crippen LogP contribution >= 0.6 is 0 Å². The predicted octanol–water partition coefficient (Wildman–Crippen LogP) is 2.71. The van der Waals surface area contributed by atoms with Crippen LogP contribution in [0.2, 0.25) is 0 Å². The fraction of sp³-hybridized carbons (Fsp3) is 0.250. The van der Waals surface area contributed by atoms with Crippen molar-refractivity contribution in [3.05, 3.63) is 53.8 Å². The van der Waals surface area contributed by atoms with Gasteiger partial charge in [-0.05, 0) is 18.2 Å². The monoisotopic (exact) mass is 290 g/mol. The SMILES string of the molecule is COc1cccc(C(O)C2COc3ccccc3O2)c1F. The summed E-state index contributed by atoms with van der Waals surface area (Å²) in [4.78, 5) is 0. The Morgan fingerprint density at radius 3 is 2.71 bits per heavy atom. The molecule has 21 heavy (non-hydrogen) atoms. The zero-order valence-corrected chi connectivity index (χ0v) is 11.5. The summed E-state index contributed by atoms with van der Waals surface area (Å²) in [5, 5.41) is 10.4. The molecule has 1 heterocycles. The van der Waals surface area contributed by atoms with Gasteiger partial charge in [0, 0.05) is 5.56 Å².